The first-order valence-electron chi connectivity index (χ1n) is 3.55. The minimum Gasteiger partial charge on any atom is -0.472 e. The minimum atomic E-state index is 0.315. The fraction of sp³-hybridized carbons (Fsp3) is 0.500. The van der Waals surface area contributed by atoms with E-state index in [4.69, 9.17) is 9.52 Å². The third kappa shape index (κ3) is 0.847. The molecule has 0 amide bonds. The zero-order valence-electron chi connectivity index (χ0n) is 5.66. The molecule has 1 aliphatic carbocycles. The van der Waals surface area contributed by atoms with Gasteiger partial charge in [0.05, 0.1) is 12.5 Å². The number of hydrogen-bond acceptors (Lipinski definition) is 2. The van der Waals surface area contributed by atoms with Crippen LogP contribution in [0.25, 0.3) is 0 Å². The standard InChI is InChI=1S/C8H10O2/c9-4-7-3-8(7)6-1-2-10-5-6/h1-2,5,7-9H,3-4H2. The first-order valence-corrected chi connectivity index (χ1v) is 3.55. The summed E-state index contributed by atoms with van der Waals surface area (Å²) in [7, 11) is 0. The van der Waals surface area contributed by atoms with Crippen molar-refractivity contribution in [3.8, 4) is 0 Å². The Morgan fingerprint density at radius 2 is 2.60 bits per heavy atom. The van der Waals surface area contributed by atoms with Crippen molar-refractivity contribution in [3.63, 3.8) is 0 Å². The number of aliphatic hydroxyl groups is 1. The van der Waals surface area contributed by atoms with Gasteiger partial charge in [0.1, 0.15) is 0 Å². The fourth-order valence-electron chi connectivity index (χ4n) is 1.34. The molecule has 1 heterocycles. The van der Waals surface area contributed by atoms with Crippen molar-refractivity contribution in [1.82, 2.24) is 0 Å². The smallest absolute Gasteiger partial charge is 0.0937 e. The van der Waals surface area contributed by atoms with Crippen molar-refractivity contribution in [3.05, 3.63) is 24.2 Å². The molecule has 2 nitrogen and oxygen atoms in total. The highest BCUT2D eigenvalue weighted by Gasteiger charge is 2.37. The van der Waals surface area contributed by atoms with Crippen LogP contribution in [0.5, 0.6) is 0 Å². The Labute approximate surface area is 59.5 Å². The first kappa shape index (κ1) is 5.98. The average molecular weight is 138 g/mol. The summed E-state index contributed by atoms with van der Waals surface area (Å²) < 4.78 is 4.93. The number of hydrogen-bond donors (Lipinski definition) is 1. The predicted octanol–water partition coefficient (Wildman–Crippen LogP) is 1.38. The van der Waals surface area contributed by atoms with E-state index in [-0.39, 0.29) is 0 Å². The van der Waals surface area contributed by atoms with Gasteiger partial charge >= 0.3 is 0 Å². The van der Waals surface area contributed by atoms with E-state index in [2.05, 4.69) is 0 Å². The Morgan fingerprint density at radius 3 is 3.10 bits per heavy atom. The van der Waals surface area contributed by atoms with Gasteiger partial charge in [0.2, 0.25) is 0 Å². The second-order valence-electron chi connectivity index (χ2n) is 2.84. The van der Waals surface area contributed by atoms with Crippen molar-refractivity contribution in [2.75, 3.05) is 6.61 Å². The third-order valence-electron chi connectivity index (χ3n) is 2.13. The highest BCUT2D eigenvalue weighted by molar-refractivity contribution is 5.20. The molecule has 10 heavy (non-hydrogen) atoms. The molecule has 0 spiro atoms. The summed E-state index contributed by atoms with van der Waals surface area (Å²) in [5, 5.41) is 8.74. The maximum absolute atomic E-state index is 8.74. The summed E-state index contributed by atoms with van der Waals surface area (Å²) in [5.74, 6) is 1.07. The van der Waals surface area contributed by atoms with Gasteiger partial charge in [0.15, 0.2) is 0 Å². The topological polar surface area (TPSA) is 33.4 Å². The van der Waals surface area contributed by atoms with E-state index in [1.807, 2.05) is 6.07 Å². The molecule has 1 N–H and O–H groups in total. The first-order chi connectivity index (χ1) is 4.92. The van der Waals surface area contributed by atoms with Crippen LogP contribution in [-0.2, 0) is 0 Å². The quantitative estimate of drug-likeness (QED) is 0.669. The normalized spacial score (nSPS) is 30.5. The molecule has 0 saturated heterocycles. The van der Waals surface area contributed by atoms with E-state index in [0.717, 1.165) is 6.42 Å². The van der Waals surface area contributed by atoms with Crippen LogP contribution < -0.4 is 0 Å². The Hall–Kier alpha value is -0.760. The van der Waals surface area contributed by atoms with Crippen LogP contribution in [-0.4, -0.2) is 11.7 Å². The molecular weight excluding hydrogens is 128 g/mol. The molecule has 1 saturated carbocycles. The van der Waals surface area contributed by atoms with Gasteiger partial charge in [-0.1, -0.05) is 0 Å². The molecule has 2 rings (SSSR count). The highest BCUT2D eigenvalue weighted by Crippen LogP contribution is 2.46. The molecule has 0 aliphatic heterocycles. The van der Waals surface area contributed by atoms with Crippen LogP contribution >= 0.6 is 0 Å². The molecule has 1 fully saturated rings. The highest BCUT2D eigenvalue weighted by atomic mass is 16.3. The summed E-state index contributed by atoms with van der Waals surface area (Å²) in [6, 6.07) is 1.97. The second kappa shape index (κ2) is 2.13. The minimum absolute atomic E-state index is 0.315. The predicted molar refractivity (Wildman–Crippen MR) is 36.6 cm³/mol. The maximum Gasteiger partial charge on any atom is 0.0937 e. The molecule has 0 bridgehead atoms. The summed E-state index contributed by atoms with van der Waals surface area (Å²) in [4.78, 5) is 0. The lowest BCUT2D eigenvalue weighted by molar-refractivity contribution is 0.274. The Morgan fingerprint density at radius 1 is 1.70 bits per heavy atom. The lowest BCUT2D eigenvalue weighted by Gasteiger charge is -1.88. The number of furan rings is 1. The maximum atomic E-state index is 8.74. The van der Waals surface area contributed by atoms with Crippen LogP contribution in [0.4, 0.5) is 0 Å². The van der Waals surface area contributed by atoms with E-state index < -0.39 is 0 Å². The Balaban J connectivity index is 2.05. The second-order valence-corrected chi connectivity index (χ2v) is 2.84. The Kier molecular flexibility index (Phi) is 1.27. The Bertz CT molecular complexity index is 203. The van der Waals surface area contributed by atoms with Crippen molar-refractivity contribution in [2.45, 2.75) is 12.3 Å². The SMILES string of the molecule is OCC1CC1c1ccoc1. The van der Waals surface area contributed by atoms with Gasteiger partial charge in [-0.3, -0.25) is 0 Å². The van der Waals surface area contributed by atoms with Crippen LogP contribution in [0.1, 0.15) is 17.9 Å². The number of rotatable bonds is 2. The molecule has 1 aromatic heterocycles. The van der Waals surface area contributed by atoms with E-state index in [1.54, 1.807) is 12.5 Å². The zero-order chi connectivity index (χ0) is 6.97. The molecule has 2 heteroatoms. The molecule has 0 radical (unpaired) electrons. The van der Waals surface area contributed by atoms with Gasteiger partial charge in [0, 0.05) is 6.61 Å². The average Bonchev–Trinajstić information content (AvgIpc) is 2.56. The summed E-state index contributed by atoms with van der Waals surface area (Å²) >= 11 is 0. The van der Waals surface area contributed by atoms with Gasteiger partial charge in [-0.15, -0.1) is 0 Å². The van der Waals surface area contributed by atoms with Crippen molar-refractivity contribution >= 4 is 0 Å². The van der Waals surface area contributed by atoms with Gasteiger partial charge < -0.3 is 9.52 Å². The van der Waals surface area contributed by atoms with Gasteiger partial charge in [0.25, 0.3) is 0 Å². The summed E-state index contributed by atoms with van der Waals surface area (Å²) in [6.07, 6.45) is 4.57. The van der Waals surface area contributed by atoms with Gasteiger partial charge in [-0.2, -0.15) is 0 Å². The van der Waals surface area contributed by atoms with Crippen LogP contribution in [0.2, 0.25) is 0 Å². The lowest BCUT2D eigenvalue weighted by Crippen LogP contribution is -1.86. The van der Waals surface area contributed by atoms with Crippen LogP contribution in [0.3, 0.4) is 0 Å². The van der Waals surface area contributed by atoms with Gasteiger partial charge in [-0.05, 0) is 29.9 Å². The molecule has 1 aliphatic rings. The van der Waals surface area contributed by atoms with Crippen LogP contribution in [0.15, 0.2) is 23.0 Å². The monoisotopic (exact) mass is 138 g/mol. The fourth-order valence-corrected chi connectivity index (χ4v) is 1.34. The molecule has 54 valence electrons. The molecular formula is C8H10O2. The summed E-state index contributed by atoms with van der Waals surface area (Å²) in [6.45, 7) is 0.315. The van der Waals surface area contributed by atoms with Crippen molar-refractivity contribution < 1.29 is 9.52 Å². The zero-order valence-corrected chi connectivity index (χ0v) is 5.66. The molecule has 1 aromatic rings. The van der Waals surface area contributed by atoms with Crippen LogP contribution in [0, 0.1) is 5.92 Å². The number of aliphatic hydroxyl groups excluding tert-OH is 1. The van der Waals surface area contributed by atoms with E-state index >= 15 is 0 Å². The largest absolute Gasteiger partial charge is 0.472 e. The van der Waals surface area contributed by atoms with E-state index in [0.29, 0.717) is 18.4 Å². The van der Waals surface area contributed by atoms with E-state index in [1.165, 1.54) is 5.56 Å². The van der Waals surface area contributed by atoms with Crippen molar-refractivity contribution in [1.29, 1.82) is 0 Å². The van der Waals surface area contributed by atoms with Crippen molar-refractivity contribution in [2.24, 2.45) is 5.92 Å². The summed E-state index contributed by atoms with van der Waals surface area (Å²) in [5.41, 5.74) is 1.24. The molecule has 0 aromatic carbocycles. The molecule has 2 atom stereocenters. The lowest BCUT2D eigenvalue weighted by atomic mass is 10.2. The molecule has 2 unspecified atom stereocenters. The third-order valence-corrected chi connectivity index (χ3v) is 2.13. The van der Waals surface area contributed by atoms with E-state index in [9.17, 15) is 0 Å². The van der Waals surface area contributed by atoms with Gasteiger partial charge in [-0.25, -0.2) is 0 Å².